The lowest BCUT2D eigenvalue weighted by atomic mass is 9.86. The van der Waals surface area contributed by atoms with Crippen molar-refractivity contribution in [2.75, 3.05) is 18.0 Å². The van der Waals surface area contributed by atoms with E-state index in [0.717, 1.165) is 18.7 Å². The highest BCUT2D eigenvalue weighted by molar-refractivity contribution is 5.74. The van der Waals surface area contributed by atoms with Crippen LogP contribution in [0.5, 0.6) is 0 Å². The first-order valence-electron chi connectivity index (χ1n) is 6.56. The third-order valence-corrected chi connectivity index (χ3v) is 3.63. The summed E-state index contributed by atoms with van der Waals surface area (Å²) in [5.74, 6) is -0.744. The molecule has 0 atom stereocenters. The monoisotopic (exact) mass is 247 g/mol. The lowest BCUT2D eigenvalue weighted by Crippen LogP contribution is -2.26. The average Bonchev–Trinajstić information content (AvgIpc) is 2.83. The summed E-state index contributed by atoms with van der Waals surface area (Å²) in [5, 5.41) is 9.12. The van der Waals surface area contributed by atoms with Gasteiger partial charge in [-0.2, -0.15) is 0 Å². The molecule has 98 valence electrons. The molecule has 0 amide bonds. The molecule has 1 aliphatic rings. The Morgan fingerprint density at radius 2 is 1.78 bits per heavy atom. The number of carbonyl (C=O) groups is 1. The molecule has 0 unspecified atom stereocenters. The maximum Gasteiger partial charge on any atom is 0.309 e. The fourth-order valence-corrected chi connectivity index (χ4v) is 2.39. The van der Waals surface area contributed by atoms with Crippen molar-refractivity contribution < 1.29 is 9.90 Å². The standard InChI is InChI=1S/C15H21NO2/c1-15(2,14(17)18)11-12-5-7-13(8-6-12)16-9-3-4-10-16/h5-8H,3-4,9-11H2,1-2H3,(H,17,18). The summed E-state index contributed by atoms with van der Waals surface area (Å²) in [4.78, 5) is 13.5. The van der Waals surface area contributed by atoms with Crippen LogP contribution in [-0.4, -0.2) is 24.2 Å². The maximum atomic E-state index is 11.1. The summed E-state index contributed by atoms with van der Waals surface area (Å²) >= 11 is 0. The molecule has 0 aliphatic carbocycles. The fraction of sp³-hybridized carbons (Fsp3) is 0.533. The van der Waals surface area contributed by atoms with E-state index in [2.05, 4.69) is 29.2 Å². The Morgan fingerprint density at radius 3 is 2.28 bits per heavy atom. The van der Waals surface area contributed by atoms with Gasteiger partial charge in [0, 0.05) is 18.8 Å². The van der Waals surface area contributed by atoms with Crippen molar-refractivity contribution in [3.63, 3.8) is 0 Å². The third-order valence-electron chi connectivity index (χ3n) is 3.63. The third kappa shape index (κ3) is 2.84. The van der Waals surface area contributed by atoms with E-state index in [9.17, 15) is 4.79 Å². The topological polar surface area (TPSA) is 40.5 Å². The van der Waals surface area contributed by atoms with Crippen molar-refractivity contribution in [2.24, 2.45) is 5.41 Å². The van der Waals surface area contributed by atoms with Crippen molar-refractivity contribution >= 4 is 11.7 Å². The number of anilines is 1. The van der Waals surface area contributed by atoms with E-state index in [1.807, 2.05) is 0 Å². The van der Waals surface area contributed by atoms with Gasteiger partial charge in [-0.15, -0.1) is 0 Å². The summed E-state index contributed by atoms with van der Waals surface area (Å²) in [6, 6.07) is 8.33. The molecular weight excluding hydrogens is 226 g/mol. The van der Waals surface area contributed by atoms with E-state index >= 15 is 0 Å². The SMILES string of the molecule is CC(C)(Cc1ccc(N2CCCC2)cc1)C(=O)O. The van der Waals surface area contributed by atoms with Crippen LogP contribution in [0.4, 0.5) is 5.69 Å². The highest BCUT2D eigenvalue weighted by Gasteiger charge is 2.27. The largest absolute Gasteiger partial charge is 0.481 e. The molecule has 0 spiro atoms. The first-order chi connectivity index (χ1) is 8.49. The van der Waals surface area contributed by atoms with Gasteiger partial charge >= 0.3 is 5.97 Å². The number of carboxylic acid groups (broad SMARTS) is 1. The quantitative estimate of drug-likeness (QED) is 0.889. The molecule has 0 aromatic heterocycles. The van der Waals surface area contributed by atoms with Crippen LogP contribution in [0.1, 0.15) is 32.3 Å². The first-order valence-corrected chi connectivity index (χ1v) is 6.56. The number of hydrogen-bond donors (Lipinski definition) is 1. The Labute approximate surface area is 108 Å². The highest BCUT2D eigenvalue weighted by atomic mass is 16.4. The zero-order valence-electron chi connectivity index (χ0n) is 11.1. The lowest BCUT2D eigenvalue weighted by Gasteiger charge is -2.21. The Hall–Kier alpha value is -1.51. The van der Waals surface area contributed by atoms with Gasteiger partial charge in [-0.3, -0.25) is 4.79 Å². The normalized spacial score (nSPS) is 16.0. The van der Waals surface area contributed by atoms with Crippen LogP contribution >= 0.6 is 0 Å². The van der Waals surface area contributed by atoms with Crippen LogP contribution in [-0.2, 0) is 11.2 Å². The van der Waals surface area contributed by atoms with Crippen LogP contribution < -0.4 is 4.90 Å². The Kier molecular flexibility index (Phi) is 3.60. The van der Waals surface area contributed by atoms with Crippen LogP contribution in [0.3, 0.4) is 0 Å². The van der Waals surface area contributed by atoms with Crippen molar-refractivity contribution in [2.45, 2.75) is 33.1 Å². The second-order valence-corrected chi connectivity index (χ2v) is 5.73. The minimum Gasteiger partial charge on any atom is -0.481 e. The fourth-order valence-electron chi connectivity index (χ4n) is 2.39. The van der Waals surface area contributed by atoms with Crippen molar-refractivity contribution in [1.82, 2.24) is 0 Å². The summed E-state index contributed by atoms with van der Waals surface area (Å²) in [5.41, 5.74) is 1.64. The van der Waals surface area contributed by atoms with Crippen LogP contribution in [0.2, 0.25) is 0 Å². The summed E-state index contributed by atoms with van der Waals surface area (Å²) in [6.45, 7) is 5.81. The van der Waals surface area contributed by atoms with E-state index in [0.29, 0.717) is 6.42 Å². The molecule has 0 radical (unpaired) electrons. The van der Waals surface area contributed by atoms with Gasteiger partial charge < -0.3 is 10.0 Å². The molecule has 18 heavy (non-hydrogen) atoms. The van der Waals surface area contributed by atoms with Gasteiger partial charge in [-0.1, -0.05) is 12.1 Å². The van der Waals surface area contributed by atoms with Crippen molar-refractivity contribution in [3.05, 3.63) is 29.8 Å². The predicted molar refractivity (Wildman–Crippen MR) is 73.0 cm³/mol. The van der Waals surface area contributed by atoms with Crippen molar-refractivity contribution in [3.8, 4) is 0 Å². The van der Waals surface area contributed by atoms with Gasteiger partial charge in [0.05, 0.1) is 5.41 Å². The molecular formula is C15H21NO2. The first kappa shape index (κ1) is 12.9. The number of aliphatic carboxylic acids is 1. The molecule has 0 saturated carbocycles. The second-order valence-electron chi connectivity index (χ2n) is 5.73. The number of carboxylic acids is 1. The number of rotatable bonds is 4. The molecule has 3 heteroatoms. The van der Waals surface area contributed by atoms with Crippen LogP contribution in [0, 0.1) is 5.41 Å². The van der Waals surface area contributed by atoms with Gasteiger partial charge in [0.1, 0.15) is 0 Å². The zero-order valence-corrected chi connectivity index (χ0v) is 11.1. The van der Waals surface area contributed by atoms with Gasteiger partial charge in [0.2, 0.25) is 0 Å². The van der Waals surface area contributed by atoms with E-state index in [-0.39, 0.29) is 0 Å². The zero-order chi connectivity index (χ0) is 13.2. The molecule has 0 bridgehead atoms. The second kappa shape index (κ2) is 5.01. The molecule has 1 N–H and O–H groups in total. The van der Waals surface area contributed by atoms with E-state index in [4.69, 9.17) is 5.11 Å². The molecule has 1 saturated heterocycles. The molecule has 1 aromatic carbocycles. The molecule has 3 nitrogen and oxygen atoms in total. The van der Waals surface area contributed by atoms with E-state index in [1.54, 1.807) is 13.8 Å². The number of benzene rings is 1. The molecule has 2 rings (SSSR count). The number of hydrogen-bond acceptors (Lipinski definition) is 2. The molecule has 1 heterocycles. The molecule has 1 aliphatic heterocycles. The highest BCUT2D eigenvalue weighted by Crippen LogP contribution is 2.25. The van der Waals surface area contributed by atoms with E-state index in [1.165, 1.54) is 18.5 Å². The van der Waals surface area contributed by atoms with Gasteiger partial charge in [0.25, 0.3) is 0 Å². The Morgan fingerprint density at radius 1 is 1.22 bits per heavy atom. The number of nitrogens with zero attached hydrogens (tertiary/aromatic N) is 1. The smallest absolute Gasteiger partial charge is 0.309 e. The average molecular weight is 247 g/mol. The lowest BCUT2D eigenvalue weighted by molar-refractivity contribution is -0.146. The van der Waals surface area contributed by atoms with Gasteiger partial charge in [-0.05, 0) is 50.8 Å². The minimum atomic E-state index is -0.744. The van der Waals surface area contributed by atoms with Gasteiger partial charge in [0.15, 0.2) is 0 Å². The Balaban J connectivity index is 2.05. The van der Waals surface area contributed by atoms with Crippen molar-refractivity contribution in [1.29, 1.82) is 0 Å². The molecule has 1 aromatic rings. The summed E-state index contributed by atoms with van der Waals surface area (Å²) in [7, 11) is 0. The summed E-state index contributed by atoms with van der Waals surface area (Å²) in [6.07, 6.45) is 3.12. The van der Waals surface area contributed by atoms with Crippen LogP contribution in [0.15, 0.2) is 24.3 Å². The molecule has 1 fully saturated rings. The maximum absolute atomic E-state index is 11.1. The minimum absolute atomic E-state index is 0.572. The predicted octanol–water partition coefficient (Wildman–Crippen LogP) is 2.94. The summed E-state index contributed by atoms with van der Waals surface area (Å²) < 4.78 is 0. The van der Waals surface area contributed by atoms with E-state index < -0.39 is 11.4 Å². The van der Waals surface area contributed by atoms with Gasteiger partial charge in [-0.25, -0.2) is 0 Å². The Bertz CT molecular complexity index is 417. The van der Waals surface area contributed by atoms with Crippen LogP contribution in [0.25, 0.3) is 0 Å².